The van der Waals surface area contributed by atoms with E-state index < -0.39 is 0 Å². The Morgan fingerprint density at radius 2 is 2.38 bits per heavy atom. The molecule has 1 rings (SSSR count). The van der Waals surface area contributed by atoms with Gasteiger partial charge in [0.05, 0.1) is 25.9 Å². The molecule has 0 aromatic carbocycles. The molecule has 1 heterocycles. The van der Waals surface area contributed by atoms with Gasteiger partial charge in [0.1, 0.15) is 0 Å². The summed E-state index contributed by atoms with van der Waals surface area (Å²) in [5, 5.41) is 0. The molecule has 2 atom stereocenters. The first kappa shape index (κ1) is 10.9. The van der Waals surface area contributed by atoms with Gasteiger partial charge in [-0.25, -0.2) is 0 Å². The summed E-state index contributed by atoms with van der Waals surface area (Å²) in [6, 6.07) is 0.0791. The molecule has 0 bridgehead atoms. The van der Waals surface area contributed by atoms with Gasteiger partial charge in [-0.3, -0.25) is 0 Å². The first-order valence-corrected chi connectivity index (χ1v) is 4.78. The van der Waals surface area contributed by atoms with E-state index in [4.69, 9.17) is 19.9 Å². The van der Waals surface area contributed by atoms with E-state index >= 15 is 0 Å². The molecule has 0 aromatic rings. The van der Waals surface area contributed by atoms with Crippen LogP contribution in [0.5, 0.6) is 0 Å². The van der Waals surface area contributed by atoms with Gasteiger partial charge < -0.3 is 19.9 Å². The van der Waals surface area contributed by atoms with Crippen molar-refractivity contribution in [2.45, 2.75) is 25.0 Å². The van der Waals surface area contributed by atoms with Gasteiger partial charge in [-0.05, 0) is 12.8 Å². The van der Waals surface area contributed by atoms with Gasteiger partial charge in [0.15, 0.2) is 0 Å². The second kappa shape index (κ2) is 6.32. The van der Waals surface area contributed by atoms with E-state index in [-0.39, 0.29) is 12.1 Å². The Hall–Kier alpha value is -0.160. The maximum absolute atomic E-state index is 5.93. The van der Waals surface area contributed by atoms with Crippen LogP contribution in [0, 0.1) is 0 Å². The van der Waals surface area contributed by atoms with Gasteiger partial charge in [0.25, 0.3) is 0 Å². The third-order valence-electron chi connectivity index (χ3n) is 2.21. The third kappa shape index (κ3) is 4.04. The second-order valence-corrected chi connectivity index (χ2v) is 3.28. The van der Waals surface area contributed by atoms with Crippen LogP contribution in [0.4, 0.5) is 0 Å². The fraction of sp³-hybridized carbons (Fsp3) is 1.00. The summed E-state index contributed by atoms with van der Waals surface area (Å²) in [5.74, 6) is 0. The van der Waals surface area contributed by atoms with Crippen molar-refractivity contribution in [1.29, 1.82) is 0 Å². The summed E-state index contributed by atoms with van der Waals surface area (Å²) in [6.45, 7) is 2.76. The van der Waals surface area contributed by atoms with Crippen LogP contribution in [-0.2, 0) is 14.2 Å². The molecule has 1 aliphatic rings. The Morgan fingerprint density at radius 3 is 3.00 bits per heavy atom. The van der Waals surface area contributed by atoms with Crippen LogP contribution >= 0.6 is 0 Å². The Balaban J connectivity index is 2.09. The minimum Gasteiger partial charge on any atom is -0.385 e. The average Bonchev–Trinajstić information content (AvgIpc) is 2.19. The lowest BCUT2D eigenvalue weighted by molar-refractivity contribution is -0.0980. The number of ether oxygens (including phenoxy) is 3. The van der Waals surface area contributed by atoms with Crippen molar-refractivity contribution in [3.63, 3.8) is 0 Å². The van der Waals surface area contributed by atoms with E-state index in [0.717, 1.165) is 19.4 Å². The van der Waals surface area contributed by atoms with Crippen LogP contribution < -0.4 is 5.73 Å². The lowest BCUT2D eigenvalue weighted by atomic mass is 10.1. The lowest BCUT2D eigenvalue weighted by Gasteiger charge is -2.27. The summed E-state index contributed by atoms with van der Waals surface area (Å²) in [6.07, 6.45) is 1.99. The van der Waals surface area contributed by atoms with Crippen LogP contribution in [0.1, 0.15) is 12.8 Å². The van der Waals surface area contributed by atoms with Crippen molar-refractivity contribution >= 4 is 0 Å². The molecule has 0 aromatic heterocycles. The molecule has 13 heavy (non-hydrogen) atoms. The highest BCUT2D eigenvalue weighted by Gasteiger charge is 2.21. The molecule has 0 radical (unpaired) electrons. The summed E-state index contributed by atoms with van der Waals surface area (Å²) in [7, 11) is 1.70. The molecule has 1 fully saturated rings. The largest absolute Gasteiger partial charge is 0.385 e. The molecule has 0 saturated carbocycles. The number of hydrogen-bond acceptors (Lipinski definition) is 4. The summed E-state index contributed by atoms with van der Waals surface area (Å²) >= 11 is 0. The summed E-state index contributed by atoms with van der Waals surface area (Å²) in [5.41, 5.74) is 5.93. The summed E-state index contributed by atoms with van der Waals surface area (Å²) in [4.78, 5) is 0. The maximum Gasteiger partial charge on any atom is 0.0959 e. The van der Waals surface area contributed by atoms with Gasteiger partial charge in [-0.1, -0.05) is 0 Å². The van der Waals surface area contributed by atoms with Gasteiger partial charge in [-0.2, -0.15) is 0 Å². The quantitative estimate of drug-likeness (QED) is 0.626. The first-order valence-electron chi connectivity index (χ1n) is 4.78. The van der Waals surface area contributed by atoms with E-state index in [0.29, 0.717) is 19.8 Å². The highest BCUT2D eigenvalue weighted by molar-refractivity contribution is 4.74. The van der Waals surface area contributed by atoms with Crippen LogP contribution in [-0.4, -0.2) is 45.7 Å². The fourth-order valence-corrected chi connectivity index (χ4v) is 1.40. The van der Waals surface area contributed by atoms with Gasteiger partial charge >= 0.3 is 0 Å². The van der Waals surface area contributed by atoms with Gasteiger partial charge in [0.2, 0.25) is 0 Å². The molecule has 0 aliphatic carbocycles. The number of nitrogens with two attached hydrogens (primary N) is 1. The number of hydrogen-bond donors (Lipinski definition) is 1. The number of methoxy groups -OCH3 is 1. The van der Waals surface area contributed by atoms with Crippen LogP contribution in [0.3, 0.4) is 0 Å². The molecule has 78 valence electrons. The monoisotopic (exact) mass is 189 g/mol. The molecule has 1 saturated heterocycles. The molecule has 2 N–H and O–H groups in total. The smallest absolute Gasteiger partial charge is 0.0959 e. The summed E-state index contributed by atoms with van der Waals surface area (Å²) < 4.78 is 15.7. The Morgan fingerprint density at radius 1 is 1.54 bits per heavy atom. The van der Waals surface area contributed by atoms with Crippen molar-refractivity contribution in [2.24, 2.45) is 5.73 Å². The molecule has 4 nitrogen and oxygen atoms in total. The van der Waals surface area contributed by atoms with Gasteiger partial charge in [-0.15, -0.1) is 0 Å². The Labute approximate surface area is 79.3 Å². The van der Waals surface area contributed by atoms with Gasteiger partial charge in [0, 0.05) is 19.8 Å². The maximum atomic E-state index is 5.93. The lowest BCUT2D eigenvalue weighted by Crippen LogP contribution is -2.43. The minimum absolute atomic E-state index is 0.0746. The highest BCUT2D eigenvalue weighted by Crippen LogP contribution is 2.08. The van der Waals surface area contributed by atoms with Crippen molar-refractivity contribution in [1.82, 2.24) is 0 Å². The predicted octanol–water partition coefficient (Wildman–Crippen LogP) is 0.156. The standard InChI is InChI=1S/C9H19NO3/c1-11-4-2-3-8(10)9-7-12-5-6-13-9/h8-9H,2-7,10H2,1H3. The topological polar surface area (TPSA) is 53.7 Å². The van der Waals surface area contributed by atoms with Crippen LogP contribution in [0.25, 0.3) is 0 Å². The second-order valence-electron chi connectivity index (χ2n) is 3.28. The molecular formula is C9H19NO3. The zero-order valence-electron chi connectivity index (χ0n) is 8.20. The molecule has 4 heteroatoms. The zero-order valence-corrected chi connectivity index (χ0v) is 8.20. The van der Waals surface area contributed by atoms with E-state index in [9.17, 15) is 0 Å². The fourth-order valence-electron chi connectivity index (χ4n) is 1.40. The SMILES string of the molecule is COCCCC(N)C1COCCO1. The third-order valence-corrected chi connectivity index (χ3v) is 2.21. The normalized spacial score (nSPS) is 25.8. The van der Waals surface area contributed by atoms with Crippen molar-refractivity contribution in [3.8, 4) is 0 Å². The highest BCUT2D eigenvalue weighted by atomic mass is 16.6. The molecule has 1 aliphatic heterocycles. The predicted molar refractivity (Wildman–Crippen MR) is 49.6 cm³/mol. The number of rotatable bonds is 5. The Kier molecular flexibility index (Phi) is 5.31. The minimum atomic E-state index is 0.0746. The van der Waals surface area contributed by atoms with E-state index in [1.54, 1.807) is 7.11 Å². The molecule has 2 unspecified atom stereocenters. The van der Waals surface area contributed by atoms with E-state index in [1.165, 1.54) is 0 Å². The Bertz CT molecular complexity index is 126. The van der Waals surface area contributed by atoms with Crippen LogP contribution in [0.15, 0.2) is 0 Å². The van der Waals surface area contributed by atoms with Crippen molar-refractivity contribution in [2.75, 3.05) is 33.5 Å². The van der Waals surface area contributed by atoms with E-state index in [2.05, 4.69) is 0 Å². The first-order chi connectivity index (χ1) is 6.34. The zero-order chi connectivity index (χ0) is 9.52. The van der Waals surface area contributed by atoms with Crippen LogP contribution in [0.2, 0.25) is 0 Å². The molecule has 0 spiro atoms. The van der Waals surface area contributed by atoms with Crippen molar-refractivity contribution < 1.29 is 14.2 Å². The van der Waals surface area contributed by atoms with Crippen molar-refractivity contribution in [3.05, 3.63) is 0 Å². The van der Waals surface area contributed by atoms with E-state index in [1.807, 2.05) is 0 Å². The average molecular weight is 189 g/mol. The molecule has 0 amide bonds. The molecular weight excluding hydrogens is 170 g/mol.